The van der Waals surface area contributed by atoms with Crippen LogP contribution in [-0.4, -0.2) is 32.4 Å². The van der Waals surface area contributed by atoms with E-state index in [-0.39, 0.29) is 12.6 Å². The number of rotatable bonds is 7. The molecule has 2 heterocycles. The molecule has 0 aliphatic carbocycles. The number of carbonyl (C=O) groups excluding carboxylic acids is 1. The van der Waals surface area contributed by atoms with Crippen LogP contribution in [0.2, 0.25) is 5.02 Å². The molecule has 1 unspecified atom stereocenters. The fourth-order valence-corrected chi connectivity index (χ4v) is 2.45. The maximum Gasteiger partial charge on any atom is 0.255 e. The molecule has 0 fully saturated rings. The van der Waals surface area contributed by atoms with Gasteiger partial charge in [-0.25, -0.2) is 0 Å². The summed E-state index contributed by atoms with van der Waals surface area (Å²) in [6.45, 7) is 1.82. The van der Waals surface area contributed by atoms with Crippen molar-refractivity contribution in [1.29, 1.82) is 0 Å². The van der Waals surface area contributed by atoms with Gasteiger partial charge in [0, 0.05) is 11.8 Å². The van der Waals surface area contributed by atoms with Crippen molar-refractivity contribution in [2.75, 3.05) is 6.61 Å². The summed E-state index contributed by atoms with van der Waals surface area (Å²) in [5, 5.41) is 8.76. The van der Waals surface area contributed by atoms with Crippen molar-refractivity contribution in [3.05, 3.63) is 47.6 Å². The highest BCUT2D eigenvalue weighted by Gasteiger charge is 2.20. The SMILES string of the molecule is CCC(c1nc(-c2ccc(OCC(N)=O)cc2)no1)n1cc(Cl)cn1. The van der Waals surface area contributed by atoms with Gasteiger partial charge in [0.15, 0.2) is 6.61 Å². The normalized spacial score (nSPS) is 12.1. The quantitative estimate of drug-likeness (QED) is 0.692. The first kappa shape index (κ1) is 17.0. The van der Waals surface area contributed by atoms with Gasteiger partial charge in [-0.15, -0.1) is 0 Å². The Hall–Kier alpha value is -2.87. The molecule has 0 saturated carbocycles. The number of primary amides is 1. The minimum Gasteiger partial charge on any atom is -0.484 e. The van der Waals surface area contributed by atoms with Crippen molar-refractivity contribution in [3.63, 3.8) is 0 Å². The van der Waals surface area contributed by atoms with Gasteiger partial charge in [-0.3, -0.25) is 9.48 Å². The van der Waals surface area contributed by atoms with Crippen LogP contribution in [-0.2, 0) is 4.79 Å². The highest BCUT2D eigenvalue weighted by Crippen LogP contribution is 2.25. The van der Waals surface area contributed by atoms with Gasteiger partial charge in [0.25, 0.3) is 11.8 Å². The predicted molar refractivity (Wildman–Crippen MR) is 90.1 cm³/mol. The standard InChI is InChI=1S/C16H16ClN5O3/c1-2-13(22-8-11(17)7-19-22)16-20-15(21-25-16)10-3-5-12(6-4-10)24-9-14(18)23/h3-8,13H,2,9H2,1H3,(H2,18,23). The fraction of sp³-hybridized carbons (Fsp3) is 0.250. The predicted octanol–water partition coefficient (Wildman–Crippen LogP) is 2.45. The molecule has 8 nitrogen and oxygen atoms in total. The van der Waals surface area contributed by atoms with Crippen molar-refractivity contribution in [2.45, 2.75) is 19.4 Å². The lowest BCUT2D eigenvalue weighted by Gasteiger charge is -2.09. The van der Waals surface area contributed by atoms with E-state index in [1.165, 1.54) is 0 Å². The van der Waals surface area contributed by atoms with Gasteiger partial charge < -0.3 is 15.0 Å². The summed E-state index contributed by atoms with van der Waals surface area (Å²) in [5.41, 5.74) is 5.80. The molecule has 1 atom stereocenters. The average molecular weight is 362 g/mol. The molecule has 1 aromatic carbocycles. The molecule has 0 aliphatic heterocycles. The molecular weight excluding hydrogens is 346 g/mol. The Morgan fingerprint density at radius 1 is 1.40 bits per heavy atom. The van der Waals surface area contributed by atoms with E-state index in [1.54, 1.807) is 41.3 Å². The zero-order valence-electron chi connectivity index (χ0n) is 13.4. The van der Waals surface area contributed by atoms with E-state index in [9.17, 15) is 4.79 Å². The molecule has 0 radical (unpaired) electrons. The van der Waals surface area contributed by atoms with E-state index in [1.807, 2.05) is 6.92 Å². The molecule has 2 aromatic heterocycles. The molecule has 1 amide bonds. The number of ether oxygens (including phenoxy) is 1. The summed E-state index contributed by atoms with van der Waals surface area (Å²) in [6, 6.07) is 6.78. The minimum absolute atomic E-state index is 0.170. The molecular formula is C16H16ClN5O3. The number of halogens is 1. The first-order chi connectivity index (χ1) is 12.1. The lowest BCUT2D eigenvalue weighted by molar-refractivity contribution is -0.119. The van der Waals surface area contributed by atoms with Gasteiger partial charge in [0.05, 0.1) is 11.2 Å². The van der Waals surface area contributed by atoms with Crippen LogP contribution in [0, 0.1) is 0 Å². The lowest BCUT2D eigenvalue weighted by Crippen LogP contribution is -2.19. The molecule has 0 saturated heterocycles. The molecule has 3 rings (SSSR count). The number of hydrogen-bond acceptors (Lipinski definition) is 6. The Morgan fingerprint density at radius 3 is 2.76 bits per heavy atom. The van der Waals surface area contributed by atoms with Crippen LogP contribution in [0.25, 0.3) is 11.4 Å². The topological polar surface area (TPSA) is 109 Å². The second kappa shape index (κ2) is 7.35. The molecule has 0 bridgehead atoms. The zero-order valence-corrected chi connectivity index (χ0v) is 14.2. The van der Waals surface area contributed by atoms with Crippen molar-refractivity contribution >= 4 is 17.5 Å². The summed E-state index contributed by atoms with van der Waals surface area (Å²) < 4.78 is 12.3. The van der Waals surface area contributed by atoms with E-state index < -0.39 is 5.91 Å². The van der Waals surface area contributed by atoms with Gasteiger partial charge in [-0.1, -0.05) is 23.7 Å². The maximum absolute atomic E-state index is 10.7. The van der Waals surface area contributed by atoms with Crippen LogP contribution in [0.1, 0.15) is 25.3 Å². The van der Waals surface area contributed by atoms with E-state index in [0.29, 0.717) is 22.5 Å². The number of hydrogen-bond donors (Lipinski definition) is 1. The van der Waals surface area contributed by atoms with Crippen LogP contribution >= 0.6 is 11.6 Å². The Balaban J connectivity index is 1.77. The Labute approximate surface area is 148 Å². The molecule has 2 N–H and O–H groups in total. The van der Waals surface area contributed by atoms with Crippen molar-refractivity contribution in [1.82, 2.24) is 19.9 Å². The Kier molecular flexibility index (Phi) is 4.99. The van der Waals surface area contributed by atoms with Crippen LogP contribution in [0.4, 0.5) is 0 Å². The maximum atomic E-state index is 10.7. The lowest BCUT2D eigenvalue weighted by atomic mass is 10.2. The minimum atomic E-state index is -0.531. The van der Waals surface area contributed by atoms with Crippen LogP contribution in [0.3, 0.4) is 0 Å². The van der Waals surface area contributed by atoms with Crippen LogP contribution in [0.5, 0.6) is 5.75 Å². The van der Waals surface area contributed by atoms with Crippen molar-refractivity contribution in [2.24, 2.45) is 5.73 Å². The number of benzene rings is 1. The second-order valence-corrected chi connectivity index (χ2v) is 5.73. The third-order valence-electron chi connectivity index (χ3n) is 3.50. The highest BCUT2D eigenvalue weighted by molar-refractivity contribution is 6.30. The zero-order chi connectivity index (χ0) is 17.8. The molecule has 3 aromatic rings. The molecule has 9 heteroatoms. The molecule has 130 valence electrons. The third kappa shape index (κ3) is 3.97. The van der Waals surface area contributed by atoms with Gasteiger partial charge in [-0.05, 0) is 30.7 Å². The van der Waals surface area contributed by atoms with Crippen LogP contribution in [0.15, 0.2) is 41.2 Å². The Morgan fingerprint density at radius 2 is 2.16 bits per heavy atom. The first-order valence-corrected chi connectivity index (χ1v) is 7.99. The molecule has 0 aliphatic rings. The third-order valence-corrected chi connectivity index (χ3v) is 3.69. The number of nitrogens with two attached hydrogens (primary N) is 1. The Bertz CT molecular complexity index is 859. The van der Waals surface area contributed by atoms with E-state index in [2.05, 4.69) is 15.2 Å². The van der Waals surface area contributed by atoms with Gasteiger partial charge in [-0.2, -0.15) is 10.1 Å². The monoisotopic (exact) mass is 361 g/mol. The summed E-state index contributed by atoms with van der Waals surface area (Å²) >= 11 is 5.92. The van der Waals surface area contributed by atoms with Gasteiger partial charge in [0.2, 0.25) is 5.82 Å². The first-order valence-electron chi connectivity index (χ1n) is 7.61. The number of carbonyl (C=O) groups is 1. The van der Waals surface area contributed by atoms with Gasteiger partial charge in [0.1, 0.15) is 11.8 Å². The molecule has 25 heavy (non-hydrogen) atoms. The summed E-state index contributed by atoms with van der Waals surface area (Å²) in [4.78, 5) is 15.2. The van der Waals surface area contributed by atoms with Crippen LogP contribution < -0.4 is 10.5 Å². The number of nitrogens with zero attached hydrogens (tertiary/aromatic N) is 4. The average Bonchev–Trinajstić information content (AvgIpc) is 3.24. The summed E-state index contributed by atoms with van der Waals surface area (Å²) in [5.74, 6) is 0.902. The van der Waals surface area contributed by atoms with E-state index in [0.717, 1.165) is 12.0 Å². The second-order valence-electron chi connectivity index (χ2n) is 5.30. The van der Waals surface area contributed by atoms with Crippen molar-refractivity contribution < 1.29 is 14.1 Å². The fourth-order valence-electron chi connectivity index (χ4n) is 2.30. The largest absolute Gasteiger partial charge is 0.484 e. The van der Waals surface area contributed by atoms with Crippen molar-refractivity contribution in [3.8, 4) is 17.1 Å². The summed E-state index contributed by atoms with van der Waals surface area (Å²) in [7, 11) is 0. The van der Waals surface area contributed by atoms with E-state index in [4.69, 9.17) is 26.6 Å². The smallest absolute Gasteiger partial charge is 0.255 e. The highest BCUT2D eigenvalue weighted by atomic mass is 35.5. The number of aromatic nitrogens is 4. The number of amides is 1. The summed E-state index contributed by atoms with van der Waals surface area (Å²) in [6.07, 6.45) is 4.00. The van der Waals surface area contributed by atoms with Gasteiger partial charge >= 0.3 is 0 Å². The van der Waals surface area contributed by atoms with E-state index >= 15 is 0 Å². The molecule has 0 spiro atoms.